The third-order valence-corrected chi connectivity index (χ3v) is 9.32. The largest absolute Gasteiger partial charge is 0.352 e. The molecule has 0 saturated heterocycles. The molecule has 0 spiro atoms. The summed E-state index contributed by atoms with van der Waals surface area (Å²) in [4.78, 5) is 29.1. The molecule has 1 saturated carbocycles. The van der Waals surface area contributed by atoms with Crippen molar-refractivity contribution in [2.75, 3.05) is 10.8 Å². The molecule has 41 heavy (non-hydrogen) atoms. The number of anilines is 1. The Hall–Kier alpha value is -3.72. The number of sulfonamides is 1. The van der Waals surface area contributed by atoms with E-state index in [-0.39, 0.29) is 29.1 Å². The molecule has 7 nitrogen and oxygen atoms in total. The molecule has 218 valence electrons. The Morgan fingerprint density at radius 3 is 2.17 bits per heavy atom. The highest BCUT2D eigenvalue weighted by atomic mass is 32.2. The van der Waals surface area contributed by atoms with E-state index in [0.717, 1.165) is 59.7 Å². The molecule has 1 fully saturated rings. The molecule has 3 aromatic rings. The molecule has 1 N–H and O–H groups in total. The third-order valence-electron chi connectivity index (χ3n) is 7.54. The van der Waals surface area contributed by atoms with Crippen LogP contribution in [0.4, 0.5) is 10.1 Å². The number of aryl methyl sites for hydroxylation is 1. The first-order valence-corrected chi connectivity index (χ1v) is 15.6. The van der Waals surface area contributed by atoms with Crippen LogP contribution in [0.5, 0.6) is 0 Å². The first-order valence-electron chi connectivity index (χ1n) is 14.2. The van der Waals surface area contributed by atoms with E-state index < -0.39 is 34.3 Å². The summed E-state index contributed by atoms with van der Waals surface area (Å²) in [6, 6.07) is 19.9. The van der Waals surface area contributed by atoms with Crippen LogP contribution >= 0.6 is 0 Å². The summed E-state index contributed by atoms with van der Waals surface area (Å²) < 4.78 is 42.5. The van der Waals surface area contributed by atoms with Crippen LogP contribution in [0.3, 0.4) is 0 Å². The Morgan fingerprint density at radius 2 is 1.56 bits per heavy atom. The van der Waals surface area contributed by atoms with Gasteiger partial charge in [0.05, 0.1) is 10.6 Å². The van der Waals surface area contributed by atoms with Crippen molar-refractivity contribution in [3.05, 3.63) is 95.8 Å². The maximum absolute atomic E-state index is 14.1. The maximum atomic E-state index is 14.1. The van der Waals surface area contributed by atoms with E-state index in [2.05, 4.69) is 5.32 Å². The molecule has 0 bridgehead atoms. The lowest BCUT2D eigenvalue weighted by Crippen LogP contribution is -2.54. The molecule has 2 amide bonds. The van der Waals surface area contributed by atoms with Gasteiger partial charge in [-0.25, -0.2) is 12.8 Å². The lowest BCUT2D eigenvalue weighted by Gasteiger charge is -2.34. The predicted octanol–water partition coefficient (Wildman–Crippen LogP) is 5.59. The second kappa shape index (κ2) is 13.8. The molecule has 0 aromatic heterocycles. The summed E-state index contributed by atoms with van der Waals surface area (Å²) in [6.45, 7) is 3.28. The first-order chi connectivity index (χ1) is 19.7. The molecule has 1 aliphatic carbocycles. The van der Waals surface area contributed by atoms with E-state index in [1.165, 1.54) is 29.2 Å². The fourth-order valence-electron chi connectivity index (χ4n) is 5.22. The minimum atomic E-state index is -4.20. The highest BCUT2D eigenvalue weighted by molar-refractivity contribution is 7.92. The van der Waals surface area contributed by atoms with Gasteiger partial charge in [0, 0.05) is 12.6 Å². The Balaban J connectivity index is 1.68. The van der Waals surface area contributed by atoms with Crippen LogP contribution in [0.2, 0.25) is 0 Å². The number of rotatable bonds is 11. The number of hydrogen-bond donors (Lipinski definition) is 1. The summed E-state index contributed by atoms with van der Waals surface area (Å²) in [5.74, 6) is -1.29. The van der Waals surface area contributed by atoms with E-state index in [4.69, 9.17) is 0 Å². The third kappa shape index (κ3) is 7.73. The molecule has 3 aromatic carbocycles. The van der Waals surface area contributed by atoms with Crippen LogP contribution in [0.1, 0.15) is 56.6 Å². The number of benzene rings is 3. The van der Waals surface area contributed by atoms with E-state index in [9.17, 15) is 22.4 Å². The number of halogens is 1. The molecule has 9 heteroatoms. The lowest BCUT2D eigenvalue weighted by molar-refractivity contribution is -0.140. The minimum Gasteiger partial charge on any atom is -0.352 e. The molecule has 4 rings (SSSR count). The number of nitrogens with one attached hydrogen (secondary N) is 1. The van der Waals surface area contributed by atoms with Crippen molar-refractivity contribution in [1.82, 2.24) is 10.2 Å². The van der Waals surface area contributed by atoms with Gasteiger partial charge in [0.25, 0.3) is 10.0 Å². The van der Waals surface area contributed by atoms with Gasteiger partial charge in [0.15, 0.2) is 0 Å². The highest BCUT2D eigenvalue weighted by Crippen LogP contribution is 2.26. The Labute approximate surface area is 242 Å². The van der Waals surface area contributed by atoms with Gasteiger partial charge in [0.1, 0.15) is 18.4 Å². The molecular weight excluding hydrogens is 541 g/mol. The van der Waals surface area contributed by atoms with Crippen molar-refractivity contribution in [3.63, 3.8) is 0 Å². The van der Waals surface area contributed by atoms with E-state index >= 15 is 0 Å². The summed E-state index contributed by atoms with van der Waals surface area (Å²) in [5.41, 5.74) is 1.86. The van der Waals surface area contributed by atoms with Crippen LogP contribution in [0.15, 0.2) is 83.8 Å². The van der Waals surface area contributed by atoms with Crippen molar-refractivity contribution in [2.24, 2.45) is 0 Å². The van der Waals surface area contributed by atoms with E-state index in [0.29, 0.717) is 6.42 Å². The Kier molecular flexibility index (Phi) is 10.2. The molecule has 0 radical (unpaired) electrons. The summed E-state index contributed by atoms with van der Waals surface area (Å²) in [7, 11) is -4.20. The van der Waals surface area contributed by atoms with Gasteiger partial charge in [0.2, 0.25) is 11.8 Å². The van der Waals surface area contributed by atoms with Crippen molar-refractivity contribution in [3.8, 4) is 0 Å². The maximum Gasteiger partial charge on any atom is 0.264 e. The van der Waals surface area contributed by atoms with Crippen molar-refractivity contribution < 1.29 is 22.4 Å². The predicted molar refractivity (Wildman–Crippen MR) is 158 cm³/mol. The first kappa shape index (κ1) is 30.2. The Bertz CT molecular complexity index is 1410. The zero-order chi connectivity index (χ0) is 29.4. The monoisotopic (exact) mass is 579 g/mol. The molecule has 1 atom stereocenters. The van der Waals surface area contributed by atoms with Crippen LogP contribution in [0.25, 0.3) is 0 Å². The van der Waals surface area contributed by atoms with Crippen molar-refractivity contribution in [1.29, 1.82) is 0 Å². The van der Waals surface area contributed by atoms with Gasteiger partial charge >= 0.3 is 0 Å². The molecular formula is C32H38FN3O4S. The number of nitrogens with zero attached hydrogens (tertiary/aromatic N) is 2. The molecule has 0 unspecified atom stereocenters. The van der Waals surface area contributed by atoms with E-state index in [1.807, 2.05) is 44.2 Å². The zero-order valence-corrected chi connectivity index (χ0v) is 24.4. The molecule has 0 aliphatic heterocycles. The highest BCUT2D eigenvalue weighted by Gasteiger charge is 2.34. The fourth-order valence-corrected chi connectivity index (χ4v) is 6.63. The molecule has 0 heterocycles. The normalized spacial score (nSPS) is 14.7. The van der Waals surface area contributed by atoms with Crippen LogP contribution in [-0.4, -0.2) is 43.8 Å². The lowest BCUT2D eigenvalue weighted by atomic mass is 9.95. The van der Waals surface area contributed by atoms with Gasteiger partial charge in [-0.15, -0.1) is 0 Å². The van der Waals surface area contributed by atoms with Crippen LogP contribution < -0.4 is 9.62 Å². The van der Waals surface area contributed by atoms with Gasteiger partial charge in [-0.05, 0) is 68.1 Å². The minimum absolute atomic E-state index is 0.0110. The second-order valence-corrected chi connectivity index (χ2v) is 12.4. The fraction of sp³-hybridized carbons (Fsp3) is 0.375. The number of carbonyl (C=O) groups is 2. The quantitative estimate of drug-likeness (QED) is 0.321. The number of carbonyl (C=O) groups excluding carboxylic acids is 2. The standard InChI is InChI=1S/C32H38FN3O4S/c1-3-30(32(38)34-27-12-8-5-9-13-27)35(22-25-10-6-4-7-11-25)31(37)23-36(28-18-16-26(33)17-19-28)41(39,40)29-20-14-24(2)15-21-29/h4,6-7,10-11,14-21,27,30H,3,5,8-9,12-13,22-23H2,1-2H3,(H,34,38)/t30-/m0/s1. The van der Waals surface area contributed by atoms with Crippen molar-refractivity contribution >= 4 is 27.5 Å². The van der Waals surface area contributed by atoms with E-state index in [1.54, 1.807) is 12.1 Å². The van der Waals surface area contributed by atoms with Gasteiger partial charge in [-0.3, -0.25) is 13.9 Å². The second-order valence-electron chi connectivity index (χ2n) is 10.6. The SMILES string of the molecule is CC[C@@H](C(=O)NC1CCCCC1)N(Cc1ccccc1)C(=O)CN(c1ccc(F)cc1)S(=O)(=O)c1ccc(C)cc1. The summed E-state index contributed by atoms with van der Waals surface area (Å²) >= 11 is 0. The number of hydrogen-bond acceptors (Lipinski definition) is 4. The summed E-state index contributed by atoms with van der Waals surface area (Å²) in [5, 5.41) is 3.14. The smallest absolute Gasteiger partial charge is 0.264 e. The van der Waals surface area contributed by atoms with Gasteiger partial charge in [-0.2, -0.15) is 0 Å². The Morgan fingerprint density at radius 1 is 0.927 bits per heavy atom. The average Bonchev–Trinajstić information content (AvgIpc) is 2.97. The number of amides is 2. The van der Waals surface area contributed by atoms with Crippen LogP contribution in [0, 0.1) is 12.7 Å². The van der Waals surface area contributed by atoms with Gasteiger partial charge < -0.3 is 10.2 Å². The topological polar surface area (TPSA) is 86.8 Å². The molecule has 1 aliphatic rings. The average molecular weight is 580 g/mol. The van der Waals surface area contributed by atoms with Gasteiger partial charge in [-0.1, -0.05) is 74.2 Å². The zero-order valence-electron chi connectivity index (χ0n) is 23.6. The van der Waals surface area contributed by atoms with Crippen molar-refractivity contribution in [2.45, 2.75) is 75.9 Å². The van der Waals surface area contributed by atoms with Crippen LogP contribution in [-0.2, 0) is 26.2 Å². The summed E-state index contributed by atoms with van der Waals surface area (Å²) in [6.07, 6.45) is 5.43.